The van der Waals surface area contributed by atoms with Crippen LogP contribution in [0.4, 0.5) is 0 Å². The molecule has 2 fully saturated rings. The van der Waals surface area contributed by atoms with Crippen LogP contribution < -0.4 is 43.0 Å². The quantitative estimate of drug-likeness (QED) is 0.0133. The number of carboxylic acid groups (broad SMARTS) is 1. The summed E-state index contributed by atoms with van der Waals surface area (Å²) < 4.78 is 67.5. The topological polar surface area (TPSA) is 387 Å². The number of rotatable bonds is 34. The number of unbranched alkanes of at least 4 members (excludes halogenated alkanes) is 1. The van der Waals surface area contributed by atoms with Gasteiger partial charge in [0.1, 0.15) is 37.5 Å². The molecule has 4 aliphatic heterocycles. The lowest BCUT2D eigenvalue weighted by Crippen LogP contribution is -2.66. The van der Waals surface area contributed by atoms with E-state index in [1.165, 1.54) is 27.7 Å². The molecule has 80 heavy (non-hydrogen) atoms. The van der Waals surface area contributed by atoms with E-state index in [4.69, 9.17) is 56.8 Å². The van der Waals surface area contributed by atoms with Gasteiger partial charge in [-0.1, -0.05) is 13.3 Å². The van der Waals surface area contributed by atoms with Crippen LogP contribution in [0.5, 0.6) is 0 Å². The number of carboxylic acids is 1. The summed E-state index contributed by atoms with van der Waals surface area (Å²) in [6, 6.07) is -2.26. The third-order valence-corrected chi connectivity index (χ3v) is 11.9. The first kappa shape index (κ1) is 66.0. The molecule has 4 rings (SSSR count). The predicted molar refractivity (Wildman–Crippen MR) is 270 cm³/mol. The van der Waals surface area contributed by atoms with Gasteiger partial charge in [-0.15, -0.1) is 10.2 Å². The van der Waals surface area contributed by atoms with Crippen LogP contribution in [0.15, 0.2) is 23.8 Å². The van der Waals surface area contributed by atoms with Gasteiger partial charge in [-0.2, -0.15) is 0 Å². The number of esters is 6. The van der Waals surface area contributed by atoms with Crippen molar-refractivity contribution >= 4 is 53.6 Å². The second kappa shape index (κ2) is 33.3. The maximum atomic E-state index is 12.9. The van der Waals surface area contributed by atoms with E-state index in [0.29, 0.717) is 30.9 Å². The predicted octanol–water partition coefficient (Wildman–Crippen LogP) is -3.15. The van der Waals surface area contributed by atoms with Crippen LogP contribution in [0.1, 0.15) is 81.6 Å². The van der Waals surface area contributed by atoms with Crippen LogP contribution in [0.2, 0.25) is 0 Å². The van der Waals surface area contributed by atoms with Crippen LogP contribution in [0, 0.1) is 0 Å². The van der Waals surface area contributed by atoms with Gasteiger partial charge >= 0.3 is 41.8 Å². The first-order chi connectivity index (χ1) is 38.0. The Balaban J connectivity index is 1.21. The standard InChI is InChI=1S/C48H78N10O22/c1-10-11-12-48(47(67)68,49-21-35-23-51-57(55-35)13-15-69-17-19-71-45-39(53-27(2)59)43(77-33(8)65)41(75-31(6)63)37(79-45)25-73-29(4)61)50-22-36-24-52-58(56-36)14-16-70-18-20-72-46-40(54-28(3)60)44(78-34(9)66)42(76-32(7)64)38(80-46)26-74-30(5)62/h23-24,37-46,49-52,55-56H,10-22,25-26H2,1-9H3,(H,53,59)(H,54,60)(H,67,68)/t37-,38-,39-,40-,41+,42+,43-,44-,45-,46-/m1/s1. The molecule has 0 aromatic heterocycles. The third kappa shape index (κ3) is 22.2. The molecule has 32 heteroatoms. The molecule has 32 nitrogen and oxygen atoms in total. The SMILES string of the molecule is CCCCC(NCC1=CNN(CCOCCO[C@@H]2O[C@H](COC(C)=O)[C@H](OC(C)=O)[C@H](OC(C)=O)[C@H]2NC(C)=O)N1)(NCC1=CNN(CCOCCO[C@@H]2O[C@H](COC(C)=O)[C@H](OC(C)=O)[C@H](OC(C)=O)[C@H]2NC(C)=O)N1)C(=O)O. The van der Waals surface area contributed by atoms with E-state index in [1.807, 2.05) is 6.92 Å². The van der Waals surface area contributed by atoms with Crippen molar-refractivity contribution in [1.29, 1.82) is 0 Å². The molecule has 0 bridgehead atoms. The van der Waals surface area contributed by atoms with Gasteiger partial charge in [-0.25, -0.2) is 4.79 Å². The van der Waals surface area contributed by atoms with Crippen molar-refractivity contribution in [3.63, 3.8) is 0 Å². The minimum absolute atomic E-state index is 0.0453. The van der Waals surface area contributed by atoms with Crippen LogP contribution in [0.3, 0.4) is 0 Å². The number of carbonyl (C=O) groups excluding carboxylic acids is 8. The molecular weight excluding hydrogens is 1070 g/mol. The van der Waals surface area contributed by atoms with Gasteiger partial charge in [0.05, 0.1) is 64.1 Å². The number of nitrogens with zero attached hydrogens (tertiary/aromatic N) is 2. The van der Waals surface area contributed by atoms with Crippen molar-refractivity contribution in [2.24, 2.45) is 0 Å². The van der Waals surface area contributed by atoms with Crippen molar-refractivity contribution in [2.45, 2.75) is 149 Å². The number of aliphatic carboxylic acids is 1. The number of ether oxygens (including phenoxy) is 12. The summed E-state index contributed by atoms with van der Waals surface area (Å²) in [7, 11) is 0. The van der Waals surface area contributed by atoms with Crippen LogP contribution >= 0.6 is 0 Å². The molecule has 9 N–H and O–H groups in total. The Kier molecular flexibility index (Phi) is 27.5. The number of hydrazine groups is 4. The zero-order chi connectivity index (χ0) is 58.9. The van der Waals surface area contributed by atoms with E-state index in [9.17, 15) is 48.3 Å². The minimum atomic E-state index is -1.53. The fraction of sp³-hybridized carbons (Fsp3) is 0.729. The maximum absolute atomic E-state index is 12.9. The van der Waals surface area contributed by atoms with Gasteiger partial charge < -0.3 is 94.3 Å². The van der Waals surface area contributed by atoms with E-state index < -0.39 is 121 Å². The van der Waals surface area contributed by atoms with E-state index in [2.05, 4.69) is 43.0 Å². The molecule has 4 heterocycles. The van der Waals surface area contributed by atoms with Crippen molar-refractivity contribution in [1.82, 2.24) is 53.2 Å². The highest BCUT2D eigenvalue weighted by Crippen LogP contribution is 2.30. The number of carbonyl (C=O) groups is 9. The van der Waals surface area contributed by atoms with Crippen molar-refractivity contribution in [2.75, 3.05) is 79.0 Å². The summed E-state index contributed by atoms with van der Waals surface area (Å²) >= 11 is 0. The molecule has 2 amide bonds. The Bertz CT molecular complexity index is 2040. The molecule has 452 valence electrons. The number of hydrogen-bond donors (Lipinski definition) is 9. The summed E-state index contributed by atoms with van der Waals surface area (Å²) in [6.07, 6.45) is -4.87. The first-order valence-corrected chi connectivity index (χ1v) is 25.9. The minimum Gasteiger partial charge on any atom is -0.479 e. The highest BCUT2D eigenvalue weighted by Gasteiger charge is 2.53. The van der Waals surface area contributed by atoms with E-state index >= 15 is 0 Å². The third-order valence-electron chi connectivity index (χ3n) is 11.9. The van der Waals surface area contributed by atoms with E-state index in [0.717, 1.165) is 34.1 Å². The van der Waals surface area contributed by atoms with Crippen molar-refractivity contribution in [3.05, 3.63) is 23.8 Å². The van der Waals surface area contributed by atoms with Crippen molar-refractivity contribution < 1.29 is 105 Å². The Morgan fingerprint density at radius 3 is 1.29 bits per heavy atom. The fourth-order valence-corrected chi connectivity index (χ4v) is 8.47. The Morgan fingerprint density at radius 1 is 0.562 bits per heavy atom. The Hall–Kier alpha value is -6.49. The summed E-state index contributed by atoms with van der Waals surface area (Å²) in [5, 5.41) is 25.5. The average molecular weight is 1150 g/mol. The highest BCUT2D eigenvalue weighted by atomic mass is 16.7. The highest BCUT2D eigenvalue weighted by molar-refractivity contribution is 5.78. The maximum Gasteiger partial charge on any atom is 0.338 e. The molecule has 10 atom stereocenters. The molecular formula is C48H78N10O22. The van der Waals surface area contributed by atoms with Gasteiger partial charge in [0.15, 0.2) is 42.7 Å². The summed E-state index contributed by atoms with van der Waals surface area (Å²) in [4.78, 5) is 109. The number of amides is 2. The summed E-state index contributed by atoms with van der Waals surface area (Å²) in [5.41, 5.74) is 12.2. The second-order valence-corrected chi connectivity index (χ2v) is 18.6. The molecule has 0 saturated carbocycles. The normalized spacial score (nSPS) is 24.7. The summed E-state index contributed by atoms with van der Waals surface area (Å²) in [6.45, 7) is 11.8. The van der Waals surface area contributed by atoms with E-state index in [-0.39, 0.29) is 72.4 Å². The summed E-state index contributed by atoms with van der Waals surface area (Å²) in [5.74, 6) is -6.36. The molecule has 0 unspecified atom stereocenters. The largest absolute Gasteiger partial charge is 0.479 e. The van der Waals surface area contributed by atoms with Gasteiger partial charge in [0, 0.05) is 80.9 Å². The zero-order valence-electron chi connectivity index (χ0n) is 46.4. The van der Waals surface area contributed by atoms with Gasteiger partial charge in [-0.3, -0.25) is 49.0 Å². The smallest absolute Gasteiger partial charge is 0.338 e. The fourth-order valence-electron chi connectivity index (χ4n) is 8.47. The zero-order valence-corrected chi connectivity index (χ0v) is 46.4. The molecule has 0 aliphatic carbocycles. The Morgan fingerprint density at radius 2 is 0.950 bits per heavy atom. The molecule has 0 radical (unpaired) electrons. The monoisotopic (exact) mass is 1150 g/mol. The second-order valence-electron chi connectivity index (χ2n) is 18.6. The van der Waals surface area contributed by atoms with Crippen LogP contribution in [-0.4, -0.2) is 215 Å². The molecule has 4 aliphatic rings. The van der Waals surface area contributed by atoms with Crippen LogP contribution in [0.25, 0.3) is 0 Å². The Labute approximate surface area is 462 Å². The average Bonchev–Trinajstić information content (AvgIpc) is 4.16. The van der Waals surface area contributed by atoms with Gasteiger partial charge in [-0.05, 0) is 12.8 Å². The molecule has 0 aromatic carbocycles. The lowest BCUT2D eigenvalue weighted by atomic mass is 9.96. The first-order valence-electron chi connectivity index (χ1n) is 25.9. The number of hydrogen-bond acceptors (Lipinski definition) is 29. The van der Waals surface area contributed by atoms with Crippen molar-refractivity contribution in [3.8, 4) is 0 Å². The molecule has 2 saturated heterocycles. The van der Waals surface area contributed by atoms with Gasteiger partial charge in [0.25, 0.3) is 0 Å². The van der Waals surface area contributed by atoms with E-state index in [1.54, 1.807) is 22.6 Å². The van der Waals surface area contributed by atoms with Crippen LogP contribution in [-0.2, 0) is 100.0 Å². The lowest BCUT2D eigenvalue weighted by Gasteiger charge is -2.44. The lowest BCUT2D eigenvalue weighted by molar-refractivity contribution is -0.279. The number of nitrogens with one attached hydrogen (secondary N) is 8. The van der Waals surface area contributed by atoms with Gasteiger partial charge in [0.2, 0.25) is 11.8 Å². The molecule has 0 spiro atoms. The molecule has 0 aromatic rings.